The number of fused-ring (bicyclic) bond motifs is 1. The summed E-state index contributed by atoms with van der Waals surface area (Å²) >= 11 is 1.48. The van der Waals surface area contributed by atoms with Gasteiger partial charge in [0.1, 0.15) is 0 Å². The highest BCUT2D eigenvalue weighted by Crippen LogP contribution is 2.34. The van der Waals surface area contributed by atoms with Gasteiger partial charge in [-0.3, -0.25) is 0 Å². The quantitative estimate of drug-likeness (QED) is 0.487. The number of rotatable bonds is 4. The summed E-state index contributed by atoms with van der Waals surface area (Å²) in [6.45, 7) is 2.25. The molecule has 4 aromatic rings. The maximum atomic E-state index is 13.7. The first-order valence-corrected chi connectivity index (χ1v) is 8.75. The van der Waals surface area contributed by atoms with Crippen LogP contribution in [0.4, 0.5) is 8.78 Å². The molecule has 3 nitrogen and oxygen atoms in total. The van der Waals surface area contributed by atoms with E-state index in [2.05, 4.69) is 10.1 Å². The fraction of sp³-hybridized carbons (Fsp3) is 0.158. The van der Waals surface area contributed by atoms with Crippen LogP contribution >= 0.6 is 11.3 Å². The predicted molar refractivity (Wildman–Crippen MR) is 96.1 cm³/mol. The summed E-state index contributed by atoms with van der Waals surface area (Å²) in [5, 5.41) is 6.84. The molecule has 126 valence electrons. The van der Waals surface area contributed by atoms with Gasteiger partial charge in [-0.25, -0.2) is 18.4 Å². The van der Waals surface area contributed by atoms with Crippen molar-refractivity contribution < 1.29 is 8.78 Å². The van der Waals surface area contributed by atoms with E-state index < -0.39 is 6.43 Å². The average Bonchev–Trinajstić information content (AvgIpc) is 3.24. The molecule has 3 heterocycles. The summed E-state index contributed by atoms with van der Waals surface area (Å²) in [7, 11) is 0. The number of hydrogen-bond acceptors (Lipinski definition) is 3. The van der Waals surface area contributed by atoms with Crippen LogP contribution in [0, 0.1) is 6.92 Å². The summed E-state index contributed by atoms with van der Waals surface area (Å²) in [5.41, 5.74) is 2.68. The molecule has 0 aliphatic carbocycles. The van der Waals surface area contributed by atoms with E-state index in [1.807, 2.05) is 47.8 Å². The molecule has 0 N–H and O–H groups in total. The minimum atomic E-state index is -2.57. The van der Waals surface area contributed by atoms with Crippen molar-refractivity contribution in [2.45, 2.75) is 19.9 Å². The first kappa shape index (κ1) is 15.9. The molecule has 0 fully saturated rings. The van der Waals surface area contributed by atoms with Crippen molar-refractivity contribution in [1.82, 2.24) is 14.8 Å². The summed E-state index contributed by atoms with van der Waals surface area (Å²) in [6.07, 6.45) is -2.57. The van der Waals surface area contributed by atoms with Crippen LogP contribution in [0.15, 0.2) is 53.9 Å². The van der Waals surface area contributed by atoms with E-state index in [1.54, 1.807) is 11.6 Å². The number of pyridine rings is 1. The number of aromatic nitrogens is 3. The zero-order valence-corrected chi connectivity index (χ0v) is 14.3. The third-order valence-electron chi connectivity index (χ3n) is 4.09. The van der Waals surface area contributed by atoms with Crippen molar-refractivity contribution in [3.63, 3.8) is 0 Å². The maximum absolute atomic E-state index is 13.7. The normalized spacial score (nSPS) is 11.5. The van der Waals surface area contributed by atoms with Gasteiger partial charge >= 0.3 is 0 Å². The fourth-order valence-corrected chi connectivity index (χ4v) is 3.66. The number of benzene rings is 1. The molecule has 25 heavy (non-hydrogen) atoms. The van der Waals surface area contributed by atoms with Crippen LogP contribution in [0.3, 0.4) is 0 Å². The first-order chi connectivity index (χ1) is 12.1. The lowest BCUT2D eigenvalue weighted by molar-refractivity contribution is 0.153. The Balaban J connectivity index is 1.92. The molecular formula is C19H15F2N3S. The Morgan fingerprint density at radius 2 is 1.92 bits per heavy atom. The van der Waals surface area contributed by atoms with E-state index in [0.29, 0.717) is 29.0 Å². The number of aryl methyl sites for hydroxylation is 1. The van der Waals surface area contributed by atoms with Gasteiger partial charge in [-0.2, -0.15) is 5.10 Å². The highest BCUT2D eigenvalue weighted by molar-refractivity contribution is 7.13. The Hall–Kier alpha value is -2.60. The highest BCUT2D eigenvalue weighted by Gasteiger charge is 2.21. The van der Waals surface area contributed by atoms with E-state index in [0.717, 1.165) is 10.4 Å². The van der Waals surface area contributed by atoms with Crippen molar-refractivity contribution >= 4 is 22.4 Å². The zero-order valence-electron chi connectivity index (χ0n) is 13.5. The Morgan fingerprint density at radius 3 is 2.60 bits per heavy atom. The minimum absolute atomic E-state index is 0.00906. The molecule has 0 unspecified atom stereocenters. The van der Waals surface area contributed by atoms with Crippen LogP contribution in [0.2, 0.25) is 0 Å². The zero-order chi connectivity index (χ0) is 17.4. The Bertz CT molecular complexity index is 1010. The van der Waals surface area contributed by atoms with Gasteiger partial charge in [-0.05, 0) is 30.0 Å². The van der Waals surface area contributed by atoms with Crippen molar-refractivity contribution in [2.24, 2.45) is 0 Å². The van der Waals surface area contributed by atoms with E-state index in [1.165, 1.54) is 17.4 Å². The molecule has 0 amide bonds. The van der Waals surface area contributed by atoms with Crippen molar-refractivity contribution in [2.75, 3.05) is 0 Å². The first-order valence-electron chi connectivity index (χ1n) is 7.87. The molecule has 0 radical (unpaired) electrons. The van der Waals surface area contributed by atoms with Gasteiger partial charge in [-0.1, -0.05) is 36.4 Å². The van der Waals surface area contributed by atoms with E-state index >= 15 is 0 Å². The van der Waals surface area contributed by atoms with Crippen LogP contribution < -0.4 is 0 Å². The number of thiophene rings is 1. The number of alkyl halides is 2. The van der Waals surface area contributed by atoms with E-state index in [-0.39, 0.29) is 5.56 Å². The second-order valence-electron chi connectivity index (χ2n) is 5.80. The van der Waals surface area contributed by atoms with Gasteiger partial charge < -0.3 is 0 Å². The number of halogens is 2. The van der Waals surface area contributed by atoms with Crippen LogP contribution in [0.5, 0.6) is 0 Å². The summed E-state index contributed by atoms with van der Waals surface area (Å²) in [6, 6.07) is 15.1. The van der Waals surface area contributed by atoms with Gasteiger partial charge in [0.05, 0.1) is 28.2 Å². The van der Waals surface area contributed by atoms with Crippen molar-refractivity contribution in [3.8, 4) is 10.6 Å². The lowest BCUT2D eigenvalue weighted by atomic mass is 10.1. The highest BCUT2D eigenvalue weighted by atomic mass is 32.1. The van der Waals surface area contributed by atoms with Crippen LogP contribution in [0.25, 0.3) is 21.6 Å². The van der Waals surface area contributed by atoms with Crippen LogP contribution in [0.1, 0.15) is 23.2 Å². The van der Waals surface area contributed by atoms with Gasteiger partial charge in [0.2, 0.25) is 0 Å². The third kappa shape index (κ3) is 2.93. The number of nitrogens with zero attached hydrogens (tertiary/aromatic N) is 3. The van der Waals surface area contributed by atoms with Gasteiger partial charge in [-0.15, -0.1) is 11.3 Å². The van der Waals surface area contributed by atoms with Gasteiger partial charge in [0.15, 0.2) is 5.65 Å². The summed E-state index contributed by atoms with van der Waals surface area (Å²) in [4.78, 5) is 5.52. The monoisotopic (exact) mass is 355 g/mol. The van der Waals surface area contributed by atoms with Crippen LogP contribution in [-0.4, -0.2) is 14.8 Å². The van der Waals surface area contributed by atoms with Gasteiger partial charge in [0, 0.05) is 5.56 Å². The van der Waals surface area contributed by atoms with Gasteiger partial charge in [0.25, 0.3) is 6.43 Å². The molecule has 0 saturated heterocycles. The molecule has 3 aromatic heterocycles. The minimum Gasteiger partial charge on any atom is -0.243 e. The average molecular weight is 355 g/mol. The predicted octanol–water partition coefficient (Wildman–Crippen LogP) is 5.45. The standard InChI is InChI=1S/C19H15F2N3S/c1-12-17-14(18(20)21)10-15(16-8-5-9-25-16)22-19(17)24(23-12)11-13-6-3-2-4-7-13/h2-10,18H,11H2,1H3. The fourth-order valence-electron chi connectivity index (χ4n) is 2.98. The van der Waals surface area contributed by atoms with Crippen molar-refractivity contribution in [3.05, 3.63) is 70.7 Å². The third-order valence-corrected chi connectivity index (χ3v) is 4.98. The Morgan fingerprint density at radius 1 is 1.12 bits per heavy atom. The van der Waals surface area contributed by atoms with Crippen LogP contribution in [-0.2, 0) is 6.54 Å². The molecular weight excluding hydrogens is 340 g/mol. The maximum Gasteiger partial charge on any atom is 0.264 e. The molecule has 0 saturated carbocycles. The molecule has 1 aromatic carbocycles. The Labute approximate surface area is 147 Å². The largest absolute Gasteiger partial charge is 0.264 e. The summed E-state index contributed by atoms with van der Waals surface area (Å²) < 4.78 is 29.1. The molecule has 6 heteroatoms. The smallest absolute Gasteiger partial charge is 0.243 e. The van der Waals surface area contributed by atoms with E-state index in [9.17, 15) is 8.78 Å². The number of hydrogen-bond donors (Lipinski definition) is 0. The SMILES string of the molecule is Cc1nn(Cc2ccccc2)c2nc(-c3cccs3)cc(C(F)F)c12. The van der Waals surface area contributed by atoms with E-state index in [4.69, 9.17) is 0 Å². The lowest BCUT2D eigenvalue weighted by Gasteiger charge is -2.08. The van der Waals surface area contributed by atoms with Crippen molar-refractivity contribution in [1.29, 1.82) is 0 Å². The molecule has 0 aliphatic heterocycles. The molecule has 0 spiro atoms. The summed E-state index contributed by atoms with van der Waals surface area (Å²) in [5.74, 6) is 0. The second kappa shape index (κ2) is 6.37. The second-order valence-corrected chi connectivity index (χ2v) is 6.75. The molecule has 4 rings (SSSR count). The molecule has 0 bridgehead atoms. The Kier molecular flexibility index (Phi) is 4.05. The molecule has 0 aliphatic rings. The topological polar surface area (TPSA) is 30.7 Å². The lowest BCUT2D eigenvalue weighted by Crippen LogP contribution is -2.03. The molecule has 0 atom stereocenters.